The lowest BCUT2D eigenvalue weighted by Crippen LogP contribution is -2.27. The lowest BCUT2D eigenvalue weighted by molar-refractivity contribution is 0.0952. The summed E-state index contributed by atoms with van der Waals surface area (Å²) < 4.78 is 5.75. The van der Waals surface area contributed by atoms with Crippen LogP contribution in [0.2, 0.25) is 0 Å². The molecule has 1 N–H and O–H groups in total. The molecule has 0 radical (unpaired) electrons. The maximum absolute atomic E-state index is 12.2. The van der Waals surface area contributed by atoms with Gasteiger partial charge in [0.15, 0.2) is 0 Å². The van der Waals surface area contributed by atoms with Crippen LogP contribution in [0.5, 0.6) is 5.75 Å². The average Bonchev–Trinajstić information content (AvgIpc) is 2.70. The first kappa shape index (κ1) is 20.0. The zero-order valence-electron chi connectivity index (χ0n) is 15.9. The molecule has 0 atom stereocenters. The monoisotopic (exact) mass is 354 g/mol. The molecule has 2 rings (SSSR count). The van der Waals surface area contributed by atoms with Gasteiger partial charge in [0.05, 0.1) is 0 Å². The van der Waals surface area contributed by atoms with Gasteiger partial charge in [-0.15, -0.1) is 0 Å². The maximum Gasteiger partial charge on any atom is 0.251 e. The number of nitrogens with zero attached hydrogens (tertiary/aromatic N) is 1. The zero-order valence-corrected chi connectivity index (χ0v) is 15.9. The summed E-state index contributed by atoms with van der Waals surface area (Å²) in [6.45, 7) is 8.86. The fraction of sp³-hybridized carbons (Fsp3) is 0.409. The summed E-state index contributed by atoms with van der Waals surface area (Å²) >= 11 is 0. The van der Waals surface area contributed by atoms with E-state index in [-0.39, 0.29) is 5.91 Å². The summed E-state index contributed by atoms with van der Waals surface area (Å²) in [5.74, 6) is 0.743. The summed E-state index contributed by atoms with van der Waals surface area (Å²) in [6.07, 6.45) is 2.11. The fourth-order valence-corrected chi connectivity index (χ4v) is 2.75. The minimum absolute atomic E-state index is 0.0255. The second-order valence-electron chi connectivity index (χ2n) is 6.29. The number of rotatable bonds is 11. The molecule has 0 aromatic heterocycles. The summed E-state index contributed by atoms with van der Waals surface area (Å²) in [5, 5.41) is 2.99. The van der Waals surface area contributed by atoms with Gasteiger partial charge in [-0.2, -0.15) is 0 Å². The van der Waals surface area contributed by atoms with Crippen molar-refractivity contribution in [3.63, 3.8) is 0 Å². The largest absolute Gasteiger partial charge is 0.489 e. The van der Waals surface area contributed by atoms with E-state index < -0.39 is 0 Å². The standard InChI is InChI=1S/C22H30N2O2/c1-3-24(4-2)17-9-8-16-23-22(25)20-12-14-21(15-13-20)26-18-19-10-6-5-7-11-19/h5-7,10-15H,3-4,8-9,16-18H2,1-2H3,(H,23,25). The van der Waals surface area contributed by atoms with E-state index in [1.165, 1.54) is 0 Å². The molecule has 0 saturated heterocycles. The molecule has 0 aliphatic heterocycles. The van der Waals surface area contributed by atoms with Crippen LogP contribution in [0.3, 0.4) is 0 Å². The number of hydrogen-bond acceptors (Lipinski definition) is 3. The molecule has 0 unspecified atom stereocenters. The van der Waals surface area contributed by atoms with E-state index in [9.17, 15) is 4.79 Å². The highest BCUT2D eigenvalue weighted by molar-refractivity contribution is 5.94. The number of unbranched alkanes of at least 4 members (excludes halogenated alkanes) is 1. The van der Waals surface area contributed by atoms with E-state index in [2.05, 4.69) is 24.1 Å². The molecule has 2 aromatic carbocycles. The molecule has 0 bridgehead atoms. The Morgan fingerprint density at radius 1 is 0.962 bits per heavy atom. The Hall–Kier alpha value is -2.33. The highest BCUT2D eigenvalue weighted by Crippen LogP contribution is 2.14. The fourth-order valence-electron chi connectivity index (χ4n) is 2.75. The lowest BCUT2D eigenvalue weighted by atomic mass is 10.2. The molecule has 1 amide bonds. The maximum atomic E-state index is 12.2. The lowest BCUT2D eigenvalue weighted by Gasteiger charge is -2.17. The van der Waals surface area contributed by atoms with Crippen LogP contribution in [0.15, 0.2) is 54.6 Å². The number of amides is 1. The normalized spacial score (nSPS) is 10.7. The third-order valence-electron chi connectivity index (χ3n) is 4.45. The molecular formula is C22H30N2O2. The van der Waals surface area contributed by atoms with Gasteiger partial charge in [0.1, 0.15) is 12.4 Å². The van der Waals surface area contributed by atoms with Crippen molar-refractivity contribution in [1.82, 2.24) is 10.2 Å². The van der Waals surface area contributed by atoms with Crippen LogP contribution in [-0.2, 0) is 6.61 Å². The first-order valence-electron chi connectivity index (χ1n) is 9.50. The molecule has 4 heteroatoms. The Kier molecular flexibility index (Phi) is 8.70. The second kappa shape index (κ2) is 11.3. The second-order valence-corrected chi connectivity index (χ2v) is 6.29. The van der Waals surface area contributed by atoms with Crippen molar-refractivity contribution >= 4 is 5.91 Å². The predicted molar refractivity (Wildman–Crippen MR) is 107 cm³/mol. The van der Waals surface area contributed by atoms with Gasteiger partial charge in [-0.3, -0.25) is 4.79 Å². The molecule has 0 heterocycles. The van der Waals surface area contributed by atoms with Crippen LogP contribution in [0.25, 0.3) is 0 Å². The first-order chi connectivity index (χ1) is 12.7. The van der Waals surface area contributed by atoms with Gasteiger partial charge in [-0.25, -0.2) is 0 Å². The topological polar surface area (TPSA) is 41.6 Å². The van der Waals surface area contributed by atoms with Crippen molar-refractivity contribution in [3.8, 4) is 5.75 Å². The van der Waals surface area contributed by atoms with E-state index >= 15 is 0 Å². The Bertz CT molecular complexity index is 637. The molecule has 0 aliphatic rings. The minimum atomic E-state index is -0.0255. The number of benzene rings is 2. The molecular weight excluding hydrogens is 324 g/mol. The third kappa shape index (κ3) is 6.89. The van der Waals surface area contributed by atoms with E-state index in [1.54, 1.807) is 0 Å². The SMILES string of the molecule is CCN(CC)CCCCNC(=O)c1ccc(OCc2ccccc2)cc1. The summed E-state index contributed by atoms with van der Waals surface area (Å²) in [5.41, 5.74) is 1.79. The quantitative estimate of drug-likeness (QED) is 0.617. The van der Waals surface area contributed by atoms with Crippen LogP contribution in [0.1, 0.15) is 42.6 Å². The van der Waals surface area contributed by atoms with Crippen LogP contribution >= 0.6 is 0 Å². The summed E-state index contributed by atoms with van der Waals surface area (Å²) in [7, 11) is 0. The average molecular weight is 354 g/mol. The van der Waals surface area contributed by atoms with Crippen molar-refractivity contribution in [2.45, 2.75) is 33.3 Å². The molecule has 4 nitrogen and oxygen atoms in total. The Labute approximate surface area is 157 Å². The Morgan fingerprint density at radius 2 is 1.65 bits per heavy atom. The zero-order chi connectivity index (χ0) is 18.6. The van der Waals surface area contributed by atoms with Crippen molar-refractivity contribution in [2.24, 2.45) is 0 Å². The van der Waals surface area contributed by atoms with E-state index in [0.29, 0.717) is 18.7 Å². The smallest absolute Gasteiger partial charge is 0.251 e. The van der Waals surface area contributed by atoms with Gasteiger partial charge < -0.3 is 15.0 Å². The van der Waals surface area contributed by atoms with E-state index in [0.717, 1.165) is 43.8 Å². The van der Waals surface area contributed by atoms with Crippen LogP contribution in [0, 0.1) is 0 Å². The number of carbonyl (C=O) groups excluding carboxylic acids is 1. The Morgan fingerprint density at radius 3 is 2.31 bits per heavy atom. The first-order valence-corrected chi connectivity index (χ1v) is 9.50. The highest BCUT2D eigenvalue weighted by Gasteiger charge is 2.05. The van der Waals surface area contributed by atoms with Gasteiger partial charge >= 0.3 is 0 Å². The molecule has 0 spiro atoms. The van der Waals surface area contributed by atoms with Crippen LogP contribution in [-0.4, -0.2) is 37.0 Å². The molecule has 0 aliphatic carbocycles. The molecule has 140 valence electrons. The van der Waals surface area contributed by atoms with Gasteiger partial charge in [-0.1, -0.05) is 44.2 Å². The number of carbonyl (C=O) groups is 1. The van der Waals surface area contributed by atoms with Crippen LogP contribution in [0.4, 0.5) is 0 Å². The highest BCUT2D eigenvalue weighted by atomic mass is 16.5. The van der Waals surface area contributed by atoms with Crippen molar-refractivity contribution in [2.75, 3.05) is 26.2 Å². The molecule has 2 aromatic rings. The predicted octanol–water partition coefficient (Wildman–Crippen LogP) is 4.12. The van der Waals surface area contributed by atoms with E-state index in [4.69, 9.17) is 4.74 Å². The minimum Gasteiger partial charge on any atom is -0.489 e. The van der Waals surface area contributed by atoms with Gasteiger partial charge in [0, 0.05) is 12.1 Å². The molecule has 26 heavy (non-hydrogen) atoms. The van der Waals surface area contributed by atoms with Crippen molar-refractivity contribution < 1.29 is 9.53 Å². The summed E-state index contributed by atoms with van der Waals surface area (Å²) in [6, 6.07) is 17.3. The third-order valence-corrected chi connectivity index (χ3v) is 4.45. The summed E-state index contributed by atoms with van der Waals surface area (Å²) in [4.78, 5) is 14.6. The Balaban J connectivity index is 1.69. The van der Waals surface area contributed by atoms with Gasteiger partial charge in [0.25, 0.3) is 5.91 Å². The number of nitrogens with one attached hydrogen (secondary N) is 1. The van der Waals surface area contributed by atoms with E-state index in [1.807, 2.05) is 54.6 Å². The van der Waals surface area contributed by atoms with Gasteiger partial charge in [0.2, 0.25) is 0 Å². The molecule has 0 fully saturated rings. The number of hydrogen-bond donors (Lipinski definition) is 1. The van der Waals surface area contributed by atoms with Crippen molar-refractivity contribution in [3.05, 3.63) is 65.7 Å². The van der Waals surface area contributed by atoms with Crippen molar-refractivity contribution in [1.29, 1.82) is 0 Å². The molecule has 0 saturated carbocycles. The van der Waals surface area contributed by atoms with Crippen LogP contribution < -0.4 is 10.1 Å². The number of ether oxygens (including phenoxy) is 1. The van der Waals surface area contributed by atoms with Gasteiger partial charge in [-0.05, 0) is 62.3 Å².